The third kappa shape index (κ3) is 5.31. The van der Waals surface area contributed by atoms with Gasteiger partial charge in [-0.1, -0.05) is 146 Å². The lowest BCUT2D eigenvalue weighted by molar-refractivity contribution is 0.281. The van der Waals surface area contributed by atoms with Gasteiger partial charge in [0.15, 0.2) is 0 Å². The molecule has 2 unspecified atom stereocenters. The molecule has 260 valence electrons. The third-order valence-corrected chi connectivity index (χ3v) is 12.4. The number of ether oxygens (including phenoxy) is 1. The lowest BCUT2D eigenvalue weighted by Gasteiger charge is -2.27. The molecular formula is C52H35NOS. The first-order valence-corrected chi connectivity index (χ1v) is 19.7. The number of benzene rings is 8. The normalized spacial score (nSPS) is 15.8. The van der Waals surface area contributed by atoms with Crippen molar-refractivity contribution in [2.75, 3.05) is 4.90 Å². The van der Waals surface area contributed by atoms with Crippen molar-refractivity contribution < 1.29 is 4.74 Å². The van der Waals surface area contributed by atoms with Crippen LogP contribution in [0.1, 0.15) is 17.0 Å². The second-order valence-corrected chi connectivity index (χ2v) is 15.5. The summed E-state index contributed by atoms with van der Waals surface area (Å²) >= 11 is 1.86. The van der Waals surface area contributed by atoms with Gasteiger partial charge in [0.2, 0.25) is 0 Å². The molecular weight excluding hydrogens is 687 g/mol. The Labute approximate surface area is 324 Å². The van der Waals surface area contributed by atoms with E-state index in [0.29, 0.717) is 0 Å². The monoisotopic (exact) mass is 721 g/mol. The number of hydrogen-bond donors (Lipinski definition) is 0. The highest BCUT2D eigenvalue weighted by Gasteiger charge is 2.38. The molecule has 0 fully saturated rings. The highest BCUT2D eigenvalue weighted by molar-refractivity contribution is 7.25. The molecule has 2 aliphatic rings. The first-order valence-electron chi connectivity index (χ1n) is 18.9. The van der Waals surface area contributed by atoms with Crippen molar-refractivity contribution in [1.82, 2.24) is 0 Å². The van der Waals surface area contributed by atoms with E-state index in [1.165, 1.54) is 69.9 Å². The summed E-state index contributed by atoms with van der Waals surface area (Å²) in [5.74, 6) is 1.14. The molecule has 11 rings (SSSR count). The highest BCUT2D eigenvalue weighted by Crippen LogP contribution is 2.51. The summed E-state index contributed by atoms with van der Waals surface area (Å²) in [6.45, 7) is 0. The Hall–Kier alpha value is -6.68. The summed E-state index contributed by atoms with van der Waals surface area (Å²) in [5, 5.41) is 5.04. The maximum atomic E-state index is 6.96. The van der Waals surface area contributed by atoms with Crippen LogP contribution in [0.4, 0.5) is 17.1 Å². The fraction of sp³-hybridized carbons (Fsp3) is 0.0385. The van der Waals surface area contributed by atoms with Crippen LogP contribution in [0.15, 0.2) is 200 Å². The minimum absolute atomic E-state index is 0.0946. The predicted octanol–water partition coefficient (Wildman–Crippen LogP) is 14.5. The average molecular weight is 722 g/mol. The number of anilines is 3. The number of thiophene rings is 1. The van der Waals surface area contributed by atoms with Crippen molar-refractivity contribution in [3.63, 3.8) is 0 Å². The Morgan fingerprint density at radius 1 is 0.473 bits per heavy atom. The maximum absolute atomic E-state index is 6.96. The number of allylic oxidation sites excluding steroid dienone is 2. The van der Waals surface area contributed by atoms with Crippen LogP contribution < -0.4 is 9.64 Å². The molecule has 8 aromatic carbocycles. The van der Waals surface area contributed by atoms with E-state index in [4.69, 9.17) is 4.74 Å². The molecule has 0 saturated heterocycles. The lowest BCUT2D eigenvalue weighted by atomic mass is 9.82. The summed E-state index contributed by atoms with van der Waals surface area (Å²) in [4.78, 5) is 2.34. The highest BCUT2D eigenvalue weighted by atomic mass is 32.1. The van der Waals surface area contributed by atoms with Crippen LogP contribution >= 0.6 is 11.3 Å². The molecule has 2 heterocycles. The third-order valence-electron chi connectivity index (χ3n) is 11.3. The van der Waals surface area contributed by atoms with Crippen molar-refractivity contribution >= 4 is 64.9 Å². The molecule has 3 heteroatoms. The van der Waals surface area contributed by atoms with Gasteiger partial charge in [-0.25, -0.2) is 0 Å². The van der Waals surface area contributed by atoms with Gasteiger partial charge >= 0.3 is 0 Å². The van der Waals surface area contributed by atoms with Gasteiger partial charge in [0.05, 0.1) is 0 Å². The molecule has 0 N–H and O–H groups in total. The summed E-state index contributed by atoms with van der Waals surface area (Å²) in [5.41, 5.74) is 11.9. The smallest absolute Gasteiger partial charge is 0.135 e. The Bertz CT molecular complexity index is 2940. The van der Waals surface area contributed by atoms with Crippen molar-refractivity contribution in [2.24, 2.45) is 0 Å². The summed E-state index contributed by atoms with van der Waals surface area (Å²) in [7, 11) is 0. The zero-order chi connectivity index (χ0) is 36.3. The lowest BCUT2D eigenvalue weighted by Crippen LogP contribution is -2.21. The van der Waals surface area contributed by atoms with Gasteiger partial charge in [-0.15, -0.1) is 11.3 Å². The van der Waals surface area contributed by atoms with E-state index in [2.05, 4.69) is 205 Å². The van der Waals surface area contributed by atoms with Crippen LogP contribution in [0, 0.1) is 0 Å². The molecule has 2 atom stereocenters. The standard InChI is InChI=1S/C52H35NOS/c1-3-13-34(14-4-1)46-33-47-44-22-11-21-41(51(44)54-52(47)43-18-8-7-17-42(43)46)36-27-31-39(32-28-36)53(37-15-5-2-6-16-37)38-29-25-35(26-30-38)40-20-12-24-49-50(40)45-19-9-10-23-48(45)55-49/h1-33,44,51H. The first-order chi connectivity index (χ1) is 27.3. The van der Waals surface area contributed by atoms with E-state index < -0.39 is 0 Å². The van der Waals surface area contributed by atoms with Crippen LogP contribution in [0.5, 0.6) is 5.75 Å². The predicted molar refractivity (Wildman–Crippen MR) is 233 cm³/mol. The minimum Gasteiger partial charge on any atom is -0.484 e. The average Bonchev–Trinajstić information content (AvgIpc) is 3.84. The van der Waals surface area contributed by atoms with E-state index >= 15 is 0 Å². The van der Waals surface area contributed by atoms with Gasteiger partial charge < -0.3 is 9.64 Å². The molecule has 0 radical (unpaired) electrons. The van der Waals surface area contributed by atoms with Crippen LogP contribution in [0.2, 0.25) is 0 Å². The molecule has 55 heavy (non-hydrogen) atoms. The van der Waals surface area contributed by atoms with Gasteiger partial charge in [0.1, 0.15) is 11.9 Å². The molecule has 2 nitrogen and oxygen atoms in total. The molecule has 0 bridgehead atoms. The Morgan fingerprint density at radius 2 is 1.07 bits per heavy atom. The van der Waals surface area contributed by atoms with Crippen molar-refractivity contribution in [3.8, 4) is 28.0 Å². The second-order valence-electron chi connectivity index (χ2n) is 14.4. The fourth-order valence-corrected chi connectivity index (χ4v) is 9.83. The van der Waals surface area contributed by atoms with E-state index in [0.717, 1.165) is 22.8 Å². The Morgan fingerprint density at radius 3 is 1.84 bits per heavy atom. The maximum Gasteiger partial charge on any atom is 0.135 e. The molecule has 1 aliphatic carbocycles. The fourth-order valence-electron chi connectivity index (χ4n) is 8.70. The van der Waals surface area contributed by atoms with E-state index in [1.807, 2.05) is 11.3 Å². The van der Waals surface area contributed by atoms with Gasteiger partial charge in [0, 0.05) is 59.7 Å². The topological polar surface area (TPSA) is 12.5 Å². The van der Waals surface area contributed by atoms with Crippen molar-refractivity contribution in [3.05, 3.63) is 211 Å². The number of para-hydroxylation sites is 1. The number of fused-ring (bicyclic) bond motifs is 8. The zero-order valence-corrected chi connectivity index (χ0v) is 30.8. The molecule has 0 amide bonds. The van der Waals surface area contributed by atoms with Crippen LogP contribution in [-0.2, 0) is 0 Å². The number of nitrogens with zero attached hydrogens (tertiary/aromatic N) is 1. The first kappa shape index (κ1) is 31.8. The summed E-state index contributed by atoms with van der Waals surface area (Å²) < 4.78 is 9.61. The van der Waals surface area contributed by atoms with Crippen LogP contribution in [0.25, 0.3) is 58.8 Å². The Balaban J connectivity index is 0.934. The zero-order valence-electron chi connectivity index (χ0n) is 30.0. The molecule has 1 aromatic heterocycles. The van der Waals surface area contributed by atoms with Crippen molar-refractivity contribution in [2.45, 2.75) is 12.0 Å². The Kier molecular flexibility index (Phi) is 7.53. The van der Waals surface area contributed by atoms with Gasteiger partial charge in [-0.3, -0.25) is 0 Å². The largest absolute Gasteiger partial charge is 0.484 e. The van der Waals surface area contributed by atoms with Crippen molar-refractivity contribution in [1.29, 1.82) is 0 Å². The SMILES string of the molecule is C1=CC2c3cc(-c4ccccc4)c4ccccc4c3OC2C(c2ccc(N(c3ccccc3)c3ccc(-c4cccc5sc6ccccc6c45)cc3)cc2)=C1. The quantitative estimate of drug-likeness (QED) is 0.169. The van der Waals surface area contributed by atoms with Gasteiger partial charge in [-0.05, 0) is 87.8 Å². The molecule has 0 saturated carbocycles. The number of rotatable bonds is 6. The van der Waals surface area contributed by atoms with E-state index in [1.54, 1.807) is 0 Å². The second kappa shape index (κ2) is 13.0. The molecule has 1 aliphatic heterocycles. The van der Waals surface area contributed by atoms with E-state index in [-0.39, 0.29) is 12.0 Å². The number of hydrogen-bond acceptors (Lipinski definition) is 3. The van der Waals surface area contributed by atoms with Crippen LogP contribution in [-0.4, -0.2) is 6.10 Å². The summed E-state index contributed by atoms with van der Waals surface area (Å²) in [6, 6.07) is 65.8. The summed E-state index contributed by atoms with van der Waals surface area (Å²) in [6.07, 6.45) is 6.65. The van der Waals surface area contributed by atoms with Gasteiger partial charge in [-0.2, -0.15) is 0 Å². The minimum atomic E-state index is -0.0946. The van der Waals surface area contributed by atoms with Gasteiger partial charge in [0.25, 0.3) is 0 Å². The van der Waals surface area contributed by atoms with E-state index in [9.17, 15) is 0 Å². The molecule has 9 aromatic rings. The van der Waals surface area contributed by atoms with Crippen LogP contribution in [0.3, 0.4) is 0 Å². The molecule has 0 spiro atoms.